The second-order valence-electron chi connectivity index (χ2n) is 3.63. The number of nitrogens with zero attached hydrogens (tertiary/aromatic N) is 1. The van der Waals surface area contributed by atoms with Crippen LogP contribution in [0.2, 0.25) is 0 Å². The van der Waals surface area contributed by atoms with Crippen molar-refractivity contribution in [3.8, 4) is 0 Å². The van der Waals surface area contributed by atoms with Gasteiger partial charge in [0, 0.05) is 27.8 Å². The van der Waals surface area contributed by atoms with Gasteiger partial charge in [0.25, 0.3) is 0 Å². The molecule has 0 spiro atoms. The van der Waals surface area contributed by atoms with Crippen molar-refractivity contribution >= 4 is 10.0 Å². The van der Waals surface area contributed by atoms with Crippen LogP contribution in [0.15, 0.2) is 0 Å². The van der Waals surface area contributed by atoms with E-state index in [1.807, 2.05) is 0 Å². The van der Waals surface area contributed by atoms with Crippen LogP contribution < -0.4 is 0 Å². The Morgan fingerprint density at radius 2 is 1.86 bits per heavy atom. The van der Waals surface area contributed by atoms with Crippen molar-refractivity contribution < 1.29 is 13.2 Å². The number of sulfonamides is 1. The van der Waals surface area contributed by atoms with E-state index < -0.39 is 10.0 Å². The third-order valence-electron chi connectivity index (χ3n) is 2.23. The van der Waals surface area contributed by atoms with Gasteiger partial charge < -0.3 is 4.74 Å². The third-order valence-corrected chi connectivity index (χ3v) is 4.50. The highest BCUT2D eigenvalue weighted by atomic mass is 32.2. The minimum Gasteiger partial charge on any atom is -0.385 e. The minimum atomic E-state index is -3.07. The summed E-state index contributed by atoms with van der Waals surface area (Å²) >= 11 is 0. The zero-order valence-corrected chi connectivity index (χ0v) is 10.3. The molecule has 0 bridgehead atoms. The van der Waals surface area contributed by atoms with Gasteiger partial charge in [-0.25, -0.2) is 12.7 Å². The molecule has 0 N–H and O–H groups in total. The molecule has 0 saturated heterocycles. The maximum Gasteiger partial charge on any atom is 0.216 e. The van der Waals surface area contributed by atoms with Crippen LogP contribution in [0.25, 0.3) is 0 Å². The lowest BCUT2D eigenvalue weighted by Gasteiger charge is -2.17. The molecule has 5 heteroatoms. The van der Waals surface area contributed by atoms with Gasteiger partial charge >= 0.3 is 0 Å². The first kappa shape index (κ1) is 13.9. The predicted octanol–water partition coefficient (Wildman–Crippen LogP) is 1.08. The van der Waals surface area contributed by atoms with Crippen molar-refractivity contribution in [2.24, 2.45) is 0 Å². The Hall–Kier alpha value is -0.130. The summed E-state index contributed by atoms with van der Waals surface area (Å²) in [6.45, 7) is 2.46. The lowest BCUT2D eigenvalue weighted by atomic mass is 10.2. The molecule has 0 aromatic carbocycles. The summed E-state index contributed by atoms with van der Waals surface area (Å²) in [4.78, 5) is 0. The number of hydrogen-bond acceptors (Lipinski definition) is 3. The molecule has 0 radical (unpaired) electrons. The summed E-state index contributed by atoms with van der Waals surface area (Å²) in [5.74, 6) is 0. The first-order chi connectivity index (χ1) is 6.42. The van der Waals surface area contributed by atoms with Crippen LogP contribution in [0.3, 0.4) is 0 Å². The van der Waals surface area contributed by atoms with Crippen LogP contribution in [0, 0.1) is 0 Å². The summed E-state index contributed by atoms with van der Waals surface area (Å²) in [6, 6.07) is 0. The molecule has 0 aromatic rings. The summed E-state index contributed by atoms with van der Waals surface area (Å²) in [5, 5.41) is -0.297. The van der Waals surface area contributed by atoms with E-state index in [-0.39, 0.29) is 5.25 Å². The molecule has 0 fully saturated rings. The lowest BCUT2D eigenvalue weighted by molar-refractivity contribution is 0.192. The fourth-order valence-electron chi connectivity index (χ4n) is 1.19. The molecule has 0 amide bonds. The van der Waals surface area contributed by atoms with E-state index in [9.17, 15) is 8.42 Å². The Kier molecular flexibility index (Phi) is 6.31. The van der Waals surface area contributed by atoms with Gasteiger partial charge in [-0.1, -0.05) is 0 Å². The Morgan fingerprint density at radius 1 is 1.29 bits per heavy atom. The van der Waals surface area contributed by atoms with E-state index >= 15 is 0 Å². The molecule has 4 nitrogen and oxygen atoms in total. The van der Waals surface area contributed by atoms with Crippen LogP contribution in [0.1, 0.15) is 26.2 Å². The third kappa shape index (κ3) is 4.39. The van der Waals surface area contributed by atoms with Crippen LogP contribution in [-0.4, -0.2) is 45.8 Å². The second-order valence-corrected chi connectivity index (χ2v) is 6.19. The van der Waals surface area contributed by atoms with Gasteiger partial charge in [0.15, 0.2) is 0 Å². The van der Waals surface area contributed by atoms with E-state index in [1.165, 1.54) is 4.31 Å². The van der Waals surface area contributed by atoms with Crippen LogP contribution in [0.5, 0.6) is 0 Å². The van der Waals surface area contributed by atoms with Crippen molar-refractivity contribution in [2.45, 2.75) is 31.4 Å². The maximum atomic E-state index is 11.6. The van der Waals surface area contributed by atoms with Gasteiger partial charge in [0.2, 0.25) is 10.0 Å². The highest BCUT2D eigenvalue weighted by Gasteiger charge is 2.22. The van der Waals surface area contributed by atoms with Crippen LogP contribution >= 0.6 is 0 Å². The standard InChI is InChI=1S/C9H21NO3S/c1-9(7-5-6-8-13-4)14(11,12)10(2)3/h9H,5-8H2,1-4H3/t9-/m1/s1. The van der Waals surface area contributed by atoms with Crippen LogP contribution in [0.4, 0.5) is 0 Å². The van der Waals surface area contributed by atoms with Crippen molar-refractivity contribution in [1.82, 2.24) is 4.31 Å². The molecule has 86 valence electrons. The zero-order valence-electron chi connectivity index (χ0n) is 9.49. The minimum absolute atomic E-state index is 0.297. The Morgan fingerprint density at radius 3 is 2.29 bits per heavy atom. The predicted molar refractivity (Wildman–Crippen MR) is 57.8 cm³/mol. The molecular weight excluding hydrogens is 202 g/mol. The van der Waals surface area contributed by atoms with Gasteiger partial charge in [-0.3, -0.25) is 0 Å². The number of ether oxygens (including phenoxy) is 1. The molecule has 0 saturated carbocycles. The van der Waals surface area contributed by atoms with Gasteiger partial charge in [-0.2, -0.15) is 0 Å². The van der Waals surface area contributed by atoms with Gasteiger partial charge in [0.05, 0.1) is 5.25 Å². The molecular formula is C9H21NO3S. The second kappa shape index (κ2) is 6.37. The molecule has 0 aromatic heterocycles. The smallest absolute Gasteiger partial charge is 0.216 e. The Balaban J connectivity index is 3.90. The van der Waals surface area contributed by atoms with Crippen molar-refractivity contribution in [3.05, 3.63) is 0 Å². The molecule has 0 aliphatic carbocycles. The number of hydrogen-bond donors (Lipinski definition) is 0. The van der Waals surface area contributed by atoms with E-state index in [2.05, 4.69) is 0 Å². The lowest BCUT2D eigenvalue weighted by Crippen LogP contribution is -2.31. The normalized spacial score (nSPS) is 14.6. The SMILES string of the molecule is COCCCC[C@@H](C)S(=O)(=O)N(C)C. The first-order valence-electron chi connectivity index (χ1n) is 4.83. The maximum absolute atomic E-state index is 11.6. The van der Waals surface area contributed by atoms with E-state index in [0.29, 0.717) is 13.0 Å². The van der Waals surface area contributed by atoms with Gasteiger partial charge in [0.1, 0.15) is 0 Å². The largest absolute Gasteiger partial charge is 0.385 e. The van der Waals surface area contributed by atoms with Gasteiger partial charge in [-0.15, -0.1) is 0 Å². The van der Waals surface area contributed by atoms with Crippen molar-refractivity contribution in [2.75, 3.05) is 27.8 Å². The monoisotopic (exact) mass is 223 g/mol. The quantitative estimate of drug-likeness (QED) is 0.607. The summed E-state index contributed by atoms with van der Waals surface area (Å²) < 4.78 is 29.4. The fraction of sp³-hybridized carbons (Fsp3) is 1.00. The first-order valence-corrected chi connectivity index (χ1v) is 6.33. The van der Waals surface area contributed by atoms with Crippen LogP contribution in [-0.2, 0) is 14.8 Å². The topological polar surface area (TPSA) is 46.6 Å². The van der Waals surface area contributed by atoms with Gasteiger partial charge in [-0.05, 0) is 26.2 Å². The molecule has 0 unspecified atom stereocenters. The summed E-state index contributed by atoms with van der Waals surface area (Å²) in [5.41, 5.74) is 0. The van der Waals surface area contributed by atoms with E-state index in [1.54, 1.807) is 28.1 Å². The zero-order chi connectivity index (χ0) is 11.2. The number of rotatable bonds is 7. The Bertz CT molecular complexity index is 236. The van der Waals surface area contributed by atoms with Crippen molar-refractivity contribution in [3.63, 3.8) is 0 Å². The molecule has 0 heterocycles. The fourth-order valence-corrected chi connectivity index (χ4v) is 2.37. The molecule has 0 aliphatic heterocycles. The molecule has 1 atom stereocenters. The molecule has 14 heavy (non-hydrogen) atoms. The average molecular weight is 223 g/mol. The Labute approximate surface area is 87.3 Å². The number of unbranched alkanes of at least 4 members (excludes halogenated alkanes) is 1. The summed E-state index contributed by atoms with van der Waals surface area (Å²) in [7, 11) is 1.72. The van der Waals surface area contributed by atoms with E-state index in [0.717, 1.165) is 12.8 Å². The highest BCUT2D eigenvalue weighted by Crippen LogP contribution is 2.12. The molecule has 0 aliphatic rings. The van der Waals surface area contributed by atoms with E-state index in [4.69, 9.17) is 4.74 Å². The average Bonchev–Trinajstić information content (AvgIpc) is 2.11. The summed E-state index contributed by atoms with van der Waals surface area (Å²) in [6.07, 6.45) is 2.51. The molecule has 0 rings (SSSR count). The van der Waals surface area contributed by atoms with Crippen molar-refractivity contribution in [1.29, 1.82) is 0 Å². The number of methoxy groups -OCH3 is 1. The highest BCUT2D eigenvalue weighted by molar-refractivity contribution is 7.89.